The fourth-order valence-electron chi connectivity index (χ4n) is 1.57. The molecule has 1 aromatic rings. The minimum absolute atomic E-state index is 0.105. The predicted molar refractivity (Wildman–Crippen MR) is 57.9 cm³/mol. The summed E-state index contributed by atoms with van der Waals surface area (Å²) in [6.45, 7) is 3.91. The molecule has 0 N–H and O–H groups in total. The lowest BCUT2D eigenvalue weighted by molar-refractivity contribution is 0.0960. The molecule has 0 fully saturated rings. The second kappa shape index (κ2) is 3.39. The van der Waals surface area contributed by atoms with Gasteiger partial charge in [-0.1, -0.05) is 15.9 Å². The number of benzene rings is 1. The molecule has 0 aliphatic heterocycles. The number of ether oxygens (including phenoxy) is 1. The van der Waals surface area contributed by atoms with Gasteiger partial charge in [-0.05, 0) is 31.5 Å². The molecule has 0 atom stereocenters. The van der Waals surface area contributed by atoms with E-state index in [1.807, 2.05) is 26.0 Å². The van der Waals surface area contributed by atoms with Crippen LogP contribution in [0.2, 0.25) is 0 Å². The Bertz CT molecular complexity index is 397. The average molecular weight is 255 g/mol. The quantitative estimate of drug-likeness (QED) is 0.812. The van der Waals surface area contributed by atoms with Crippen molar-refractivity contribution in [3.05, 3.63) is 27.7 Å². The molecule has 2 nitrogen and oxygen atoms in total. The highest BCUT2D eigenvalue weighted by atomic mass is 79.9. The fourth-order valence-corrected chi connectivity index (χ4v) is 2.04. The van der Waals surface area contributed by atoms with E-state index in [2.05, 4.69) is 15.9 Å². The topological polar surface area (TPSA) is 26.3 Å². The maximum Gasteiger partial charge on any atom is 0.171 e. The zero-order chi connectivity index (χ0) is 10.3. The van der Waals surface area contributed by atoms with E-state index >= 15 is 0 Å². The summed E-state index contributed by atoms with van der Waals surface area (Å²) < 4.78 is 6.56. The van der Waals surface area contributed by atoms with Crippen molar-refractivity contribution in [1.29, 1.82) is 0 Å². The largest absolute Gasteiger partial charge is 0.490 e. The third kappa shape index (κ3) is 1.46. The lowest BCUT2D eigenvalue weighted by atomic mass is 9.86. The first-order valence-electron chi connectivity index (χ1n) is 4.61. The van der Waals surface area contributed by atoms with Crippen molar-refractivity contribution in [2.45, 2.75) is 26.4 Å². The molecular formula is C11H11BrO2. The number of ketones is 1. The molecule has 0 heterocycles. The van der Waals surface area contributed by atoms with Crippen molar-refractivity contribution in [1.82, 2.24) is 0 Å². The van der Waals surface area contributed by atoms with Crippen LogP contribution in [-0.4, -0.2) is 11.9 Å². The van der Waals surface area contributed by atoms with E-state index in [0.717, 1.165) is 21.3 Å². The molecule has 2 rings (SSSR count). The monoisotopic (exact) mass is 254 g/mol. The molecule has 0 saturated carbocycles. The zero-order valence-electron chi connectivity index (χ0n) is 8.13. The summed E-state index contributed by atoms with van der Waals surface area (Å²) in [5, 5.41) is 0. The Morgan fingerprint density at radius 2 is 2.14 bits per heavy atom. The van der Waals surface area contributed by atoms with Gasteiger partial charge in [0.2, 0.25) is 0 Å². The van der Waals surface area contributed by atoms with Crippen molar-refractivity contribution >= 4 is 21.7 Å². The Labute approximate surface area is 91.4 Å². The lowest BCUT2D eigenvalue weighted by Gasteiger charge is -2.23. The average Bonchev–Trinajstić information content (AvgIpc) is 2.07. The Hall–Kier alpha value is -0.830. The molecule has 0 amide bonds. The molecule has 0 spiro atoms. The highest BCUT2D eigenvalue weighted by Crippen LogP contribution is 2.37. The van der Waals surface area contributed by atoms with Crippen LogP contribution >= 0.6 is 15.9 Å². The third-order valence-corrected chi connectivity index (χ3v) is 2.94. The van der Waals surface area contributed by atoms with E-state index in [1.54, 1.807) is 0 Å². The van der Waals surface area contributed by atoms with Gasteiger partial charge >= 0.3 is 0 Å². The maximum absolute atomic E-state index is 11.4. The van der Waals surface area contributed by atoms with Crippen LogP contribution in [-0.2, 0) is 6.42 Å². The van der Waals surface area contributed by atoms with E-state index in [-0.39, 0.29) is 11.9 Å². The molecule has 1 aromatic carbocycles. The van der Waals surface area contributed by atoms with Crippen molar-refractivity contribution in [2.24, 2.45) is 0 Å². The predicted octanol–water partition coefficient (Wildman–Crippen LogP) is 2.98. The molecule has 74 valence electrons. The number of rotatable bonds is 2. The van der Waals surface area contributed by atoms with Crippen LogP contribution in [0.15, 0.2) is 16.6 Å². The number of hydrogen-bond acceptors (Lipinski definition) is 2. The fraction of sp³-hybridized carbons (Fsp3) is 0.364. The van der Waals surface area contributed by atoms with E-state index in [1.165, 1.54) is 0 Å². The lowest BCUT2D eigenvalue weighted by Crippen LogP contribution is -2.22. The standard InChI is InChI=1S/C11H11BrO2/c1-6(2)14-10-4-3-8(12)7-5-9(13)11(7)10/h3-4,6H,5H2,1-2H3. The first-order valence-corrected chi connectivity index (χ1v) is 5.40. The van der Waals surface area contributed by atoms with Gasteiger partial charge in [-0.2, -0.15) is 0 Å². The minimum Gasteiger partial charge on any atom is -0.490 e. The van der Waals surface area contributed by atoms with Crippen LogP contribution in [0.1, 0.15) is 29.8 Å². The Balaban J connectivity index is 2.43. The SMILES string of the molecule is CC(C)Oc1ccc(Br)c2c1C(=O)C2. The van der Waals surface area contributed by atoms with Crippen LogP contribution in [0.5, 0.6) is 5.75 Å². The molecule has 0 radical (unpaired) electrons. The van der Waals surface area contributed by atoms with Gasteiger partial charge in [-0.25, -0.2) is 0 Å². The summed E-state index contributed by atoms with van der Waals surface area (Å²) in [7, 11) is 0. The first kappa shape index (κ1) is 9.71. The second-order valence-corrected chi connectivity index (χ2v) is 4.52. The van der Waals surface area contributed by atoms with Gasteiger partial charge in [0.05, 0.1) is 11.7 Å². The van der Waals surface area contributed by atoms with Crippen LogP contribution in [0.25, 0.3) is 0 Å². The van der Waals surface area contributed by atoms with Crippen molar-refractivity contribution < 1.29 is 9.53 Å². The summed E-state index contributed by atoms with van der Waals surface area (Å²) in [4.78, 5) is 11.4. The highest BCUT2D eigenvalue weighted by molar-refractivity contribution is 9.10. The zero-order valence-corrected chi connectivity index (χ0v) is 9.72. The number of fused-ring (bicyclic) bond motifs is 1. The highest BCUT2D eigenvalue weighted by Gasteiger charge is 2.29. The van der Waals surface area contributed by atoms with Crippen molar-refractivity contribution in [3.8, 4) is 5.75 Å². The van der Waals surface area contributed by atoms with Gasteiger partial charge in [0.25, 0.3) is 0 Å². The molecule has 0 bridgehead atoms. The summed E-state index contributed by atoms with van der Waals surface area (Å²) in [5.74, 6) is 0.895. The van der Waals surface area contributed by atoms with E-state index in [9.17, 15) is 4.79 Å². The Kier molecular flexibility index (Phi) is 2.35. The maximum atomic E-state index is 11.4. The van der Waals surface area contributed by atoms with Gasteiger partial charge in [-0.3, -0.25) is 4.79 Å². The minimum atomic E-state index is 0.105. The summed E-state index contributed by atoms with van der Waals surface area (Å²) in [5.41, 5.74) is 1.83. The number of hydrogen-bond donors (Lipinski definition) is 0. The summed E-state index contributed by atoms with van der Waals surface area (Å²) in [6, 6.07) is 3.78. The van der Waals surface area contributed by atoms with E-state index in [0.29, 0.717) is 6.42 Å². The van der Waals surface area contributed by atoms with Crippen LogP contribution in [0, 0.1) is 0 Å². The number of Topliss-reactive ketones (excluding diaryl/α,β-unsaturated/α-hetero) is 1. The smallest absolute Gasteiger partial charge is 0.171 e. The normalized spacial score (nSPS) is 13.9. The van der Waals surface area contributed by atoms with Gasteiger partial charge in [0.1, 0.15) is 5.75 Å². The molecule has 1 aliphatic rings. The van der Waals surface area contributed by atoms with E-state index < -0.39 is 0 Å². The second-order valence-electron chi connectivity index (χ2n) is 3.67. The molecule has 1 aliphatic carbocycles. The van der Waals surface area contributed by atoms with Crippen molar-refractivity contribution in [3.63, 3.8) is 0 Å². The van der Waals surface area contributed by atoms with Crippen molar-refractivity contribution in [2.75, 3.05) is 0 Å². The molecule has 3 heteroatoms. The third-order valence-electron chi connectivity index (χ3n) is 2.20. The summed E-state index contributed by atoms with van der Waals surface area (Å²) >= 11 is 3.42. The van der Waals surface area contributed by atoms with Crippen LogP contribution < -0.4 is 4.74 Å². The number of carbonyl (C=O) groups is 1. The van der Waals surface area contributed by atoms with Crippen LogP contribution in [0.4, 0.5) is 0 Å². The molecule has 14 heavy (non-hydrogen) atoms. The Morgan fingerprint density at radius 1 is 1.43 bits per heavy atom. The summed E-state index contributed by atoms with van der Waals surface area (Å²) in [6.07, 6.45) is 0.638. The van der Waals surface area contributed by atoms with Gasteiger partial charge < -0.3 is 4.74 Å². The Morgan fingerprint density at radius 3 is 2.71 bits per heavy atom. The molecule has 0 unspecified atom stereocenters. The molecular weight excluding hydrogens is 244 g/mol. The van der Waals surface area contributed by atoms with Gasteiger partial charge in [0, 0.05) is 10.9 Å². The molecule has 0 aromatic heterocycles. The van der Waals surface area contributed by atoms with Gasteiger partial charge in [0.15, 0.2) is 5.78 Å². The first-order chi connectivity index (χ1) is 6.59. The number of halogens is 1. The van der Waals surface area contributed by atoms with E-state index in [4.69, 9.17) is 4.74 Å². The van der Waals surface area contributed by atoms with Gasteiger partial charge in [-0.15, -0.1) is 0 Å². The number of carbonyl (C=O) groups excluding carboxylic acids is 1. The van der Waals surface area contributed by atoms with Crippen LogP contribution in [0.3, 0.4) is 0 Å². The molecule has 0 saturated heterocycles.